The molecule has 4 rings (SSSR count). The minimum atomic E-state index is -4.06. The zero-order chi connectivity index (χ0) is 28.8. The fourth-order valence-corrected chi connectivity index (χ4v) is 5.18. The van der Waals surface area contributed by atoms with E-state index in [1.54, 1.807) is 0 Å². The molecule has 0 saturated carbocycles. The molecule has 0 aliphatic rings. The Bertz CT molecular complexity index is 1540. The number of carbonyl (C=O) groups is 1. The zero-order valence-corrected chi connectivity index (χ0v) is 22.9. The summed E-state index contributed by atoms with van der Waals surface area (Å²) < 4.78 is 70.2. The summed E-state index contributed by atoms with van der Waals surface area (Å²) in [7, 11) is -5.17. The third-order valence-electron chi connectivity index (χ3n) is 5.33. The van der Waals surface area contributed by atoms with Crippen LogP contribution in [0.4, 0.5) is 16.2 Å². The Hall–Kier alpha value is -4.75. The van der Waals surface area contributed by atoms with Crippen LogP contribution in [-0.4, -0.2) is 37.1 Å². The van der Waals surface area contributed by atoms with Gasteiger partial charge in [-0.15, -0.1) is 0 Å². The van der Waals surface area contributed by atoms with Crippen LogP contribution in [0.1, 0.15) is 0 Å². The average molecular weight is 585 g/mol. The molecule has 11 nitrogen and oxygen atoms in total. The van der Waals surface area contributed by atoms with Crippen LogP contribution in [0.2, 0.25) is 0 Å². The fraction of sp³-hybridized carbons (Fsp3) is 0.0741. The van der Waals surface area contributed by atoms with Crippen LogP contribution in [0.25, 0.3) is 0 Å². The van der Waals surface area contributed by atoms with Gasteiger partial charge in [-0.3, -0.25) is 0 Å². The second-order valence-electron chi connectivity index (χ2n) is 8.05. The number of anilines is 2. The van der Waals surface area contributed by atoms with Crippen molar-refractivity contribution >= 4 is 37.6 Å². The van der Waals surface area contributed by atoms with Gasteiger partial charge in [0.15, 0.2) is 0 Å². The Balaban J connectivity index is 1.31. The molecule has 0 aliphatic heterocycles. The molecule has 0 heterocycles. The van der Waals surface area contributed by atoms with Crippen molar-refractivity contribution in [1.29, 1.82) is 0 Å². The van der Waals surface area contributed by atoms with Crippen LogP contribution >= 0.6 is 0 Å². The molecule has 0 radical (unpaired) electrons. The average Bonchev–Trinajstić information content (AvgIpc) is 2.95. The highest BCUT2D eigenvalue weighted by Gasteiger charge is 2.18. The third kappa shape index (κ3) is 7.21. The SMILES string of the molecule is COc1ccc(S(=O)(=O)Oc2ccc(NC(=O)Nc3ccc(OS(=O)(=O)c4ccc(OC)cc4)cc3)cc2)cc1. The van der Waals surface area contributed by atoms with Crippen LogP contribution in [0.15, 0.2) is 107 Å². The summed E-state index contributed by atoms with van der Waals surface area (Å²) in [6.45, 7) is 0. The van der Waals surface area contributed by atoms with Gasteiger partial charge in [0.05, 0.1) is 14.2 Å². The van der Waals surface area contributed by atoms with Gasteiger partial charge in [-0.05, 0) is 97.1 Å². The monoisotopic (exact) mass is 584 g/mol. The molecule has 0 bridgehead atoms. The normalized spacial score (nSPS) is 11.2. The lowest BCUT2D eigenvalue weighted by atomic mass is 10.3. The molecule has 13 heteroatoms. The van der Waals surface area contributed by atoms with Gasteiger partial charge in [0.25, 0.3) is 0 Å². The summed E-state index contributed by atoms with van der Waals surface area (Å²) in [5.41, 5.74) is 0.745. The van der Waals surface area contributed by atoms with Gasteiger partial charge < -0.3 is 28.5 Å². The molecule has 0 atom stereocenters. The molecule has 4 aromatic rings. The molecule has 0 aromatic heterocycles. The van der Waals surface area contributed by atoms with E-state index in [0.29, 0.717) is 22.9 Å². The lowest BCUT2D eigenvalue weighted by Gasteiger charge is -2.11. The highest BCUT2D eigenvalue weighted by Crippen LogP contribution is 2.24. The minimum absolute atomic E-state index is 0.0374. The molecular formula is C27H24N2O9S2. The molecule has 40 heavy (non-hydrogen) atoms. The van der Waals surface area contributed by atoms with Crippen LogP contribution in [-0.2, 0) is 20.2 Å². The van der Waals surface area contributed by atoms with Crippen molar-refractivity contribution in [2.45, 2.75) is 9.79 Å². The maximum Gasteiger partial charge on any atom is 0.339 e. The predicted octanol–water partition coefficient (Wildman–Crippen LogP) is 4.88. The number of hydrogen-bond donors (Lipinski definition) is 2. The Morgan fingerprint density at radius 2 is 0.800 bits per heavy atom. The summed E-state index contributed by atoms with van der Waals surface area (Å²) >= 11 is 0. The number of benzene rings is 4. The van der Waals surface area contributed by atoms with Crippen molar-refractivity contribution in [2.24, 2.45) is 0 Å². The van der Waals surface area contributed by atoms with Gasteiger partial charge in [0, 0.05) is 11.4 Å². The van der Waals surface area contributed by atoms with E-state index in [9.17, 15) is 21.6 Å². The first-order valence-corrected chi connectivity index (χ1v) is 14.3. The molecule has 208 valence electrons. The van der Waals surface area contributed by atoms with Gasteiger partial charge in [-0.2, -0.15) is 16.8 Å². The number of rotatable bonds is 10. The van der Waals surface area contributed by atoms with Gasteiger partial charge in [0.1, 0.15) is 32.8 Å². The maximum absolute atomic E-state index is 12.5. The summed E-state index contributed by atoms with van der Waals surface area (Å²) in [6, 6.07) is 22.4. The third-order valence-corrected chi connectivity index (χ3v) is 7.86. The van der Waals surface area contributed by atoms with E-state index in [1.807, 2.05) is 0 Å². The smallest absolute Gasteiger partial charge is 0.339 e. The highest BCUT2D eigenvalue weighted by atomic mass is 32.2. The van der Waals surface area contributed by atoms with Gasteiger partial charge in [-0.25, -0.2) is 4.79 Å². The Labute approximate surface area is 231 Å². The lowest BCUT2D eigenvalue weighted by molar-refractivity contribution is 0.262. The van der Waals surface area contributed by atoms with Crippen LogP contribution in [0, 0.1) is 0 Å². The van der Waals surface area contributed by atoms with Crippen LogP contribution < -0.4 is 28.5 Å². The maximum atomic E-state index is 12.5. The van der Waals surface area contributed by atoms with Crippen LogP contribution in [0.3, 0.4) is 0 Å². The van der Waals surface area contributed by atoms with E-state index >= 15 is 0 Å². The number of hydrogen-bond acceptors (Lipinski definition) is 9. The molecule has 2 amide bonds. The molecule has 0 aliphatic carbocycles. The molecular weight excluding hydrogens is 560 g/mol. The van der Waals surface area contributed by atoms with Crippen LogP contribution in [0.5, 0.6) is 23.0 Å². The number of urea groups is 1. The fourth-order valence-electron chi connectivity index (χ4n) is 3.32. The van der Waals surface area contributed by atoms with Gasteiger partial charge in [-0.1, -0.05) is 0 Å². The van der Waals surface area contributed by atoms with Crippen molar-refractivity contribution in [3.8, 4) is 23.0 Å². The molecule has 0 unspecified atom stereocenters. The largest absolute Gasteiger partial charge is 0.497 e. The quantitative estimate of drug-likeness (QED) is 0.249. The van der Waals surface area contributed by atoms with Crippen molar-refractivity contribution < 1.29 is 39.5 Å². The minimum Gasteiger partial charge on any atom is -0.497 e. The number of carbonyl (C=O) groups excluding carboxylic acids is 1. The number of ether oxygens (including phenoxy) is 2. The second-order valence-corrected chi connectivity index (χ2v) is 11.1. The van der Waals surface area contributed by atoms with E-state index < -0.39 is 26.3 Å². The lowest BCUT2D eigenvalue weighted by Crippen LogP contribution is -2.19. The number of methoxy groups -OCH3 is 2. The standard InChI is InChI=1S/C27H24N2O9S2/c1-35-21-11-15-25(16-12-21)39(31,32)37-23-7-3-19(4-8-23)28-27(30)29-20-5-9-24(10-6-20)38-40(33,34)26-17-13-22(36-2)14-18-26/h3-18H,1-2H3,(H2,28,29,30). The van der Waals surface area contributed by atoms with E-state index in [4.69, 9.17) is 17.8 Å². The summed E-state index contributed by atoms with van der Waals surface area (Å²) in [5.74, 6) is 1.13. The van der Waals surface area contributed by atoms with E-state index in [0.717, 1.165) is 0 Å². The van der Waals surface area contributed by atoms with Crippen molar-refractivity contribution in [3.05, 3.63) is 97.1 Å². The topological polar surface area (TPSA) is 146 Å². The molecule has 0 saturated heterocycles. The van der Waals surface area contributed by atoms with Crippen molar-refractivity contribution in [2.75, 3.05) is 24.9 Å². The first-order chi connectivity index (χ1) is 19.1. The summed E-state index contributed by atoms with van der Waals surface area (Å²) in [4.78, 5) is 12.3. The van der Waals surface area contributed by atoms with E-state index in [2.05, 4.69) is 10.6 Å². The molecule has 2 N–H and O–H groups in total. The van der Waals surface area contributed by atoms with E-state index in [1.165, 1.54) is 111 Å². The zero-order valence-electron chi connectivity index (χ0n) is 21.2. The van der Waals surface area contributed by atoms with Crippen molar-refractivity contribution in [1.82, 2.24) is 0 Å². The number of amides is 2. The second kappa shape index (κ2) is 12.0. The predicted molar refractivity (Wildman–Crippen MR) is 147 cm³/mol. The first-order valence-electron chi connectivity index (χ1n) is 11.5. The summed E-state index contributed by atoms with van der Waals surface area (Å²) in [6.07, 6.45) is 0. The Kier molecular flexibility index (Phi) is 8.46. The Morgan fingerprint density at radius 3 is 1.10 bits per heavy atom. The Morgan fingerprint density at radius 1 is 0.500 bits per heavy atom. The molecule has 0 fully saturated rings. The van der Waals surface area contributed by atoms with E-state index in [-0.39, 0.29) is 21.3 Å². The molecule has 0 spiro atoms. The highest BCUT2D eigenvalue weighted by molar-refractivity contribution is 7.87. The first kappa shape index (κ1) is 28.3. The summed E-state index contributed by atoms with van der Waals surface area (Å²) in [5, 5.41) is 5.20. The van der Waals surface area contributed by atoms with Crippen molar-refractivity contribution in [3.63, 3.8) is 0 Å². The molecule has 4 aromatic carbocycles. The van der Waals surface area contributed by atoms with Gasteiger partial charge >= 0.3 is 26.3 Å². The number of nitrogens with one attached hydrogen (secondary N) is 2. The van der Waals surface area contributed by atoms with Gasteiger partial charge in [0.2, 0.25) is 0 Å².